The van der Waals surface area contributed by atoms with Gasteiger partial charge in [0.1, 0.15) is 5.82 Å². The summed E-state index contributed by atoms with van der Waals surface area (Å²) in [5, 5.41) is 6.62. The first-order chi connectivity index (χ1) is 11.1. The lowest BCUT2D eigenvalue weighted by Crippen LogP contribution is -2.42. The molecule has 6 heteroatoms. The molecule has 0 unspecified atom stereocenters. The quantitative estimate of drug-likeness (QED) is 0.399. The van der Waals surface area contributed by atoms with Gasteiger partial charge in [-0.05, 0) is 44.0 Å². The van der Waals surface area contributed by atoms with Crippen LogP contribution >= 0.6 is 24.0 Å². The van der Waals surface area contributed by atoms with Gasteiger partial charge in [0.05, 0.1) is 0 Å². The van der Waals surface area contributed by atoms with Gasteiger partial charge < -0.3 is 15.5 Å². The maximum absolute atomic E-state index is 13.3. The van der Waals surface area contributed by atoms with Crippen molar-refractivity contribution in [1.29, 1.82) is 0 Å². The van der Waals surface area contributed by atoms with Crippen LogP contribution in [0, 0.1) is 12.7 Å². The Hall–Kier alpha value is -0.890. The summed E-state index contributed by atoms with van der Waals surface area (Å²) in [5.74, 6) is 0.623. The minimum Gasteiger partial charge on any atom is -0.355 e. The second kappa shape index (κ2) is 10.9. The first kappa shape index (κ1) is 21.2. The van der Waals surface area contributed by atoms with Crippen LogP contribution in [0.1, 0.15) is 36.8 Å². The van der Waals surface area contributed by atoms with Gasteiger partial charge in [-0.1, -0.05) is 25.0 Å². The zero-order valence-electron chi connectivity index (χ0n) is 14.9. The molecule has 24 heavy (non-hydrogen) atoms. The SMILES string of the molecule is CN=C(NCCN(C)C1CCCC1)NCc1ccc(F)c(C)c1.I. The highest BCUT2D eigenvalue weighted by molar-refractivity contribution is 14.0. The van der Waals surface area contributed by atoms with Gasteiger partial charge >= 0.3 is 0 Å². The highest BCUT2D eigenvalue weighted by atomic mass is 127. The average molecular weight is 448 g/mol. The van der Waals surface area contributed by atoms with E-state index >= 15 is 0 Å². The molecular weight excluding hydrogens is 418 g/mol. The predicted octanol–water partition coefficient (Wildman–Crippen LogP) is 3.29. The molecule has 0 aromatic heterocycles. The van der Waals surface area contributed by atoms with E-state index in [1.165, 1.54) is 31.7 Å². The van der Waals surface area contributed by atoms with Crippen molar-refractivity contribution in [2.45, 2.75) is 45.2 Å². The van der Waals surface area contributed by atoms with Crippen molar-refractivity contribution in [1.82, 2.24) is 15.5 Å². The minimum absolute atomic E-state index is 0. The second-order valence-corrected chi connectivity index (χ2v) is 6.35. The molecule has 1 aliphatic rings. The van der Waals surface area contributed by atoms with Crippen molar-refractivity contribution >= 4 is 29.9 Å². The van der Waals surface area contributed by atoms with Crippen LogP contribution in [0.5, 0.6) is 0 Å². The van der Waals surface area contributed by atoms with E-state index in [9.17, 15) is 4.39 Å². The van der Waals surface area contributed by atoms with Crippen molar-refractivity contribution in [3.05, 3.63) is 35.1 Å². The number of nitrogens with one attached hydrogen (secondary N) is 2. The van der Waals surface area contributed by atoms with Crippen LogP contribution in [0.4, 0.5) is 4.39 Å². The summed E-state index contributed by atoms with van der Waals surface area (Å²) in [4.78, 5) is 6.68. The third-order valence-electron chi connectivity index (χ3n) is 4.61. The number of nitrogens with zero attached hydrogens (tertiary/aromatic N) is 2. The molecule has 0 bridgehead atoms. The molecule has 0 atom stereocenters. The highest BCUT2D eigenvalue weighted by Gasteiger charge is 2.18. The van der Waals surface area contributed by atoms with Gasteiger partial charge in [0.25, 0.3) is 0 Å². The molecular formula is C18H30FIN4. The summed E-state index contributed by atoms with van der Waals surface area (Å²) in [6.45, 7) is 4.31. The Morgan fingerprint density at radius 3 is 2.62 bits per heavy atom. The Morgan fingerprint density at radius 2 is 2.00 bits per heavy atom. The summed E-state index contributed by atoms with van der Waals surface area (Å²) >= 11 is 0. The van der Waals surface area contributed by atoms with Crippen LogP contribution < -0.4 is 10.6 Å². The fourth-order valence-electron chi connectivity index (χ4n) is 3.10. The molecule has 1 aromatic carbocycles. The zero-order valence-corrected chi connectivity index (χ0v) is 17.3. The first-order valence-electron chi connectivity index (χ1n) is 8.50. The van der Waals surface area contributed by atoms with E-state index < -0.39 is 0 Å². The molecule has 0 saturated heterocycles. The number of benzene rings is 1. The standard InChI is InChI=1S/C18H29FN4.HI/c1-14-12-15(8-9-17(14)19)13-22-18(20-2)21-10-11-23(3)16-6-4-5-7-16;/h8-9,12,16H,4-7,10-11,13H2,1-3H3,(H2,20,21,22);1H. The molecule has 1 aromatic rings. The van der Waals surface area contributed by atoms with E-state index in [1.807, 2.05) is 6.07 Å². The topological polar surface area (TPSA) is 39.7 Å². The number of aliphatic imine (C=N–C) groups is 1. The van der Waals surface area contributed by atoms with Crippen molar-refractivity contribution in [2.24, 2.45) is 4.99 Å². The molecule has 136 valence electrons. The Labute approximate surface area is 162 Å². The Morgan fingerprint density at radius 1 is 1.29 bits per heavy atom. The van der Waals surface area contributed by atoms with Gasteiger partial charge in [-0.2, -0.15) is 0 Å². The number of guanidine groups is 1. The minimum atomic E-state index is -0.161. The summed E-state index contributed by atoms with van der Waals surface area (Å²) in [6, 6.07) is 5.92. The molecule has 0 radical (unpaired) electrons. The van der Waals surface area contributed by atoms with E-state index in [-0.39, 0.29) is 29.8 Å². The van der Waals surface area contributed by atoms with Crippen LogP contribution in [-0.4, -0.2) is 44.1 Å². The predicted molar refractivity (Wildman–Crippen MR) is 110 cm³/mol. The van der Waals surface area contributed by atoms with Gasteiger partial charge in [-0.15, -0.1) is 24.0 Å². The maximum atomic E-state index is 13.3. The molecule has 1 fully saturated rings. The summed E-state index contributed by atoms with van der Waals surface area (Å²) < 4.78 is 13.3. The van der Waals surface area contributed by atoms with E-state index in [1.54, 1.807) is 20.0 Å². The smallest absolute Gasteiger partial charge is 0.191 e. The molecule has 1 saturated carbocycles. The third kappa shape index (κ3) is 6.55. The third-order valence-corrected chi connectivity index (χ3v) is 4.61. The van der Waals surface area contributed by atoms with Gasteiger partial charge in [0, 0.05) is 32.7 Å². The number of rotatable bonds is 6. The van der Waals surface area contributed by atoms with Gasteiger partial charge in [0.15, 0.2) is 5.96 Å². The lowest BCUT2D eigenvalue weighted by atomic mass is 10.1. The van der Waals surface area contributed by atoms with E-state index in [2.05, 4.69) is 27.6 Å². The number of hydrogen-bond donors (Lipinski definition) is 2. The molecule has 2 N–H and O–H groups in total. The molecule has 2 rings (SSSR count). The number of hydrogen-bond acceptors (Lipinski definition) is 2. The monoisotopic (exact) mass is 448 g/mol. The highest BCUT2D eigenvalue weighted by Crippen LogP contribution is 2.21. The van der Waals surface area contributed by atoms with Crippen LogP contribution in [0.25, 0.3) is 0 Å². The fourth-order valence-corrected chi connectivity index (χ4v) is 3.10. The van der Waals surface area contributed by atoms with Gasteiger partial charge in [-0.25, -0.2) is 4.39 Å². The number of halogens is 2. The van der Waals surface area contributed by atoms with Crippen molar-refractivity contribution in [3.63, 3.8) is 0 Å². The number of aryl methyl sites for hydroxylation is 1. The lowest BCUT2D eigenvalue weighted by Gasteiger charge is -2.24. The fraction of sp³-hybridized carbons (Fsp3) is 0.611. The molecule has 1 aliphatic carbocycles. The maximum Gasteiger partial charge on any atom is 0.191 e. The summed E-state index contributed by atoms with van der Waals surface area (Å²) in [7, 11) is 3.97. The number of likely N-dealkylation sites (N-methyl/N-ethyl adjacent to an activating group) is 1. The zero-order chi connectivity index (χ0) is 16.7. The molecule has 0 heterocycles. The van der Waals surface area contributed by atoms with Crippen LogP contribution in [-0.2, 0) is 6.54 Å². The average Bonchev–Trinajstić information content (AvgIpc) is 3.08. The molecule has 0 aliphatic heterocycles. The molecule has 4 nitrogen and oxygen atoms in total. The lowest BCUT2D eigenvalue weighted by molar-refractivity contribution is 0.249. The molecule has 0 spiro atoms. The second-order valence-electron chi connectivity index (χ2n) is 6.35. The molecule has 0 amide bonds. The van der Waals surface area contributed by atoms with Crippen LogP contribution in [0.15, 0.2) is 23.2 Å². The first-order valence-corrected chi connectivity index (χ1v) is 8.50. The van der Waals surface area contributed by atoms with Crippen LogP contribution in [0.3, 0.4) is 0 Å². The largest absolute Gasteiger partial charge is 0.355 e. The van der Waals surface area contributed by atoms with Crippen molar-refractivity contribution in [3.8, 4) is 0 Å². The Kier molecular flexibility index (Phi) is 9.58. The summed E-state index contributed by atoms with van der Waals surface area (Å²) in [5.41, 5.74) is 1.72. The van der Waals surface area contributed by atoms with E-state index in [0.717, 1.165) is 30.7 Å². The van der Waals surface area contributed by atoms with Crippen molar-refractivity contribution in [2.75, 3.05) is 27.2 Å². The van der Waals surface area contributed by atoms with E-state index in [4.69, 9.17) is 0 Å². The Balaban J connectivity index is 0.00000288. The van der Waals surface area contributed by atoms with Gasteiger partial charge in [-0.3, -0.25) is 4.99 Å². The van der Waals surface area contributed by atoms with E-state index in [0.29, 0.717) is 12.1 Å². The normalized spacial score (nSPS) is 15.5. The van der Waals surface area contributed by atoms with Crippen molar-refractivity contribution < 1.29 is 4.39 Å². The van der Waals surface area contributed by atoms with Crippen LogP contribution in [0.2, 0.25) is 0 Å². The Bertz CT molecular complexity index is 530. The van der Waals surface area contributed by atoms with Gasteiger partial charge in [0.2, 0.25) is 0 Å². The summed E-state index contributed by atoms with van der Waals surface area (Å²) in [6.07, 6.45) is 5.38.